The van der Waals surface area contributed by atoms with Gasteiger partial charge < -0.3 is 14.5 Å². The van der Waals surface area contributed by atoms with E-state index in [9.17, 15) is 0 Å². The van der Waals surface area contributed by atoms with Crippen LogP contribution >= 0.6 is 0 Å². The zero-order chi connectivity index (χ0) is 11.4. The Morgan fingerprint density at radius 3 is 2.88 bits per heavy atom. The fourth-order valence-electron chi connectivity index (χ4n) is 1.88. The number of nitrogens with zero attached hydrogens (tertiary/aromatic N) is 2. The molecule has 2 rings (SSSR count). The summed E-state index contributed by atoms with van der Waals surface area (Å²) in [5.41, 5.74) is -0.0981. The maximum Gasteiger partial charge on any atom is 0.242 e. The molecule has 90 valence electrons. The van der Waals surface area contributed by atoms with E-state index >= 15 is 0 Å². The topological polar surface area (TPSA) is 60.2 Å². The van der Waals surface area contributed by atoms with Gasteiger partial charge in [0.25, 0.3) is 0 Å². The smallest absolute Gasteiger partial charge is 0.242 e. The highest BCUT2D eigenvalue weighted by Gasteiger charge is 2.28. The Bertz CT molecular complexity index is 332. The lowest BCUT2D eigenvalue weighted by molar-refractivity contribution is -0.0645. The van der Waals surface area contributed by atoms with E-state index in [2.05, 4.69) is 22.4 Å². The van der Waals surface area contributed by atoms with Crippen LogP contribution in [0, 0.1) is 0 Å². The number of hydrogen-bond acceptors (Lipinski definition) is 5. The van der Waals surface area contributed by atoms with Gasteiger partial charge in [-0.2, -0.15) is 0 Å². The second kappa shape index (κ2) is 4.93. The van der Waals surface area contributed by atoms with Crippen molar-refractivity contribution in [3.8, 4) is 0 Å². The standard InChI is InChI=1S/C11H19N3O2/c1-3-9-13-14-10(16-9)7-15-11(2)5-4-6-12-8-11/h12H,3-8H2,1-2H3. The first kappa shape index (κ1) is 11.5. The van der Waals surface area contributed by atoms with Crippen LogP contribution in [0.3, 0.4) is 0 Å². The van der Waals surface area contributed by atoms with Gasteiger partial charge >= 0.3 is 0 Å². The van der Waals surface area contributed by atoms with Crippen molar-refractivity contribution in [2.75, 3.05) is 13.1 Å². The SMILES string of the molecule is CCc1nnc(COC2(C)CCCNC2)o1. The summed E-state index contributed by atoms with van der Waals surface area (Å²) in [7, 11) is 0. The lowest BCUT2D eigenvalue weighted by atomic mass is 9.96. The lowest BCUT2D eigenvalue weighted by Gasteiger charge is -2.33. The summed E-state index contributed by atoms with van der Waals surface area (Å²) >= 11 is 0. The van der Waals surface area contributed by atoms with E-state index in [1.807, 2.05) is 6.92 Å². The number of piperidine rings is 1. The molecule has 1 aliphatic heterocycles. The van der Waals surface area contributed by atoms with Crippen LogP contribution in [0.4, 0.5) is 0 Å². The molecule has 0 aliphatic carbocycles. The van der Waals surface area contributed by atoms with Crippen molar-refractivity contribution in [3.63, 3.8) is 0 Å². The third kappa shape index (κ3) is 2.80. The fourth-order valence-corrected chi connectivity index (χ4v) is 1.88. The molecule has 1 aromatic rings. The monoisotopic (exact) mass is 225 g/mol. The molecule has 1 atom stereocenters. The molecule has 5 heteroatoms. The van der Waals surface area contributed by atoms with Crippen molar-refractivity contribution in [1.29, 1.82) is 0 Å². The minimum Gasteiger partial charge on any atom is -0.423 e. The molecule has 0 saturated carbocycles. The average Bonchev–Trinajstić information content (AvgIpc) is 2.75. The Morgan fingerprint density at radius 1 is 1.44 bits per heavy atom. The first-order valence-corrected chi connectivity index (χ1v) is 5.88. The molecule has 1 unspecified atom stereocenters. The first-order chi connectivity index (χ1) is 7.72. The number of ether oxygens (including phenoxy) is 1. The van der Waals surface area contributed by atoms with E-state index in [1.165, 1.54) is 0 Å². The molecule has 2 heterocycles. The predicted octanol–water partition coefficient (Wildman–Crippen LogP) is 1.29. The molecule has 5 nitrogen and oxygen atoms in total. The van der Waals surface area contributed by atoms with Crippen molar-refractivity contribution in [1.82, 2.24) is 15.5 Å². The molecule has 0 bridgehead atoms. The van der Waals surface area contributed by atoms with Crippen LogP contribution < -0.4 is 5.32 Å². The molecule has 0 spiro atoms. The van der Waals surface area contributed by atoms with Gasteiger partial charge in [-0.1, -0.05) is 6.92 Å². The van der Waals surface area contributed by atoms with Gasteiger partial charge in [-0.3, -0.25) is 0 Å². The van der Waals surface area contributed by atoms with Crippen molar-refractivity contribution in [3.05, 3.63) is 11.8 Å². The van der Waals surface area contributed by atoms with Crippen LogP contribution in [-0.2, 0) is 17.8 Å². The Hall–Kier alpha value is -0.940. The van der Waals surface area contributed by atoms with Crippen LogP contribution in [-0.4, -0.2) is 28.9 Å². The molecule has 0 amide bonds. The quantitative estimate of drug-likeness (QED) is 0.836. The average molecular weight is 225 g/mol. The first-order valence-electron chi connectivity index (χ1n) is 5.88. The van der Waals surface area contributed by atoms with Crippen LogP contribution in [0.1, 0.15) is 38.5 Å². The normalized spacial score (nSPS) is 25.9. The molecule has 1 N–H and O–H groups in total. The van der Waals surface area contributed by atoms with Crippen LogP contribution in [0.25, 0.3) is 0 Å². The number of aryl methyl sites for hydroxylation is 1. The predicted molar refractivity (Wildman–Crippen MR) is 59.0 cm³/mol. The van der Waals surface area contributed by atoms with Gasteiger partial charge in [0.1, 0.15) is 6.61 Å². The summed E-state index contributed by atoms with van der Waals surface area (Å²) in [6, 6.07) is 0. The number of rotatable bonds is 4. The van der Waals surface area contributed by atoms with Gasteiger partial charge in [0.15, 0.2) is 0 Å². The Kier molecular flexibility index (Phi) is 3.56. The summed E-state index contributed by atoms with van der Waals surface area (Å²) in [6.07, 6.45) is 3.00. The summed E-state index contributed by atoms with van der Waals surface area (Å²) in [4.78, 5) is 0. The highest BCUT2D eigenvalue weighted by Crippen LogP contribution is 2.21. The van der Waals surface area contributed by atoms with Crippen LogP contribution in [0.2, 0.25) is 0 Å². The molecule has 1 saturated heterocycles. The van der Waals surface area contributed by atoms with Crippen molar-refractivity contribution in [2.24, 2.45) is 0 Å². The largest absolute Gasteiger partial charge is 0.423 e. The van der Waals surface area contributed by atoms with E-state index in [4.69, 9.17) is 9.15 Å². The van der Waals surface area contributed by atoms with Crippen molar-refractivity contribution >= 4 is 0 Å². The second-order valence-corrected chi connectivity index (χ2v) is 4.46. The Balaban J connectivity index is 1.86. The number of hydrogen-bond donors (Lipinski definition) is 1. The maximum atomic E-state index is 5.86. The lowest BCUT2D eigenvalue weighted by Crippen LogP contribution is -2.45. The van der Waals surface area contributed by atoms with Crippen LogP contribution in [0.15, 0.2) is 4.42 Å². The molecule has 1 aliphatic rings. The number of aromatic nitrogens is 2. The van der Waals surface area contributed by atoms with Crippen LogP contribution in [0.5, 0.6) is 0 Å². The Morgan fingerprint density at radius 2 is 2.25 bits per heavy atom. The molecule has 16 heavy (non-hydrogen) atoms. The van der Waals surface area contributed by atoms with Gasteiger partial charge in [-0.25, -0.2) is 0 Å². The molecule has 1 aromatic heterocycles. The van der Waals surface area contributed by atoms with Gasteiger partial charge in [-0.05, 0) is 26.3 Å². The molecule has 0 radical (unpaired) electrons. The van der Waals surface area contributed by atoms with E-state index in [1.54, 1.807) is 0 Å². The van der Waals surface area contributed by atoms with E-state index in [0.29, 0.717) is 18.4 Å². The minimum absolute atomic E-state index is 0.0981. The summed E-state index contributed by atoms with van der Waals surface area (Å²) in [5, 5.41) is 11.2. The van der Waals surface area contributed by atoms with Crippen molar-refractivity contribution in [2.45, 2.75) is 45.3 Å². The van der Waals surface area contributed by atoms with E-state index < -0.39 is 0 Å². The molecular formula is C11H19N3O2. The highest BCUT2D eigenvalue weighted by atomic mass is 16.5. The zero-order valence-electron chi connectivity index (χ0n) is 9.95. The minimum atomic E-state index is -0.0981. The highest BCUT2D eigenvalue weighted by molar-refractivity contribution is 4.85. The van der Waals surface area contributed by atoms with Gasteiger partial charge in [0.05, 0.1) is 5.60 Å². The Labute approximate surface area is 95.6 Å². The third-order valence-electron chi connectivity index (χ3n) is 2.91. The maximum absolute atomic E-state index is 5.86. The third-order valence-corrected chi connectivity index (χ3v) is 2.91. The molecular weight excluding hydrogens is 206 g/mol. The van der Waals surface area contributed by atoms with Gasteiger partial charge in [0, 0.05) is 13.0 Å². The number of nitrogens with one attached hydrogen (secondary N) is 1. The van der Waals surface area contributed by atoms with E-state index in [-0.39, 0.29) is 5.60 Å². The fraction of sp³-hybridized carbons (Fsp3) is 0.818. The van der Waals surface area contributed by atoms with E-state index in [0.717, 1.165) is 32.4 Å². The van der Waals surface area contributed by atoms with Gasteiger partial charge in [0.2, 0.25) is 11.8 Å². The van der Waals surface area contributed by atoms with Gasteiger partial charge in [-0.15, -0.1) is 10.2 Å². The zero-order valence-corrected chi connectivity index (χ0v) is 9.95. The molecule has 0 aromatic carbocycles. The second-order valence-electron chi connectivity index (χ2n) is 4.46. The molecule has 1 fully saturated rings. The summed E-state index contributed by atoms with van der Waals surface area (Å²) in [5.74, 6) is 1.24. The van der Waals surface area contributed by atoms with Crippen molar-refractivity contribution < 1.29 is 9.15 Å². The summed E-state index contributed by atoms with van der Waals surface area (Å²) < 4.78 is 11.3. The summed E-state index contributed by atoms with van der Waals surface area (Å²) in [6.45, 7) is 6.49.